The van der Waals surface area contributed by atoms with Gasteiger partial charge in [-0.05, 0) is 17.7 Å². The van der Waals surface area contributed by atoms with Crippen molar-refractivity contribution in [3.63, 3.8) is 0 Å². The van der Waals surface area contributed by atoms with Crippen LogP contribution in [0, 0.1) is 57.2 Å². The summed E-state index contributed by atoms with van der Waals surface area (Å²) in [5.74, 6) is 0. The van der Waals surface area contributed by atoms with Crippen LogP contribution in [-0.4, -0.2) is 0 Å². The standard InChI is InChI=1S/C27H20N.2C25H18N.9C2H6.3Y/c1-19-14-15-21(17-25(19)27-13-7-8-16-28(27)2)26-18-20-9-3-4-10-22(20)23-11-5-6-12-24(23)26;1-17-15-19(12-13-21(17)24-11-3-4-14-26(24)2)23-16-20-9-5-7-18-8-6-10-22(23)25(18)20;1-17-12-13-19(15-22(17)24-11-3-4-14-26(24)2)23-16-20-9-5-7-18-8-6-10-21(23)25(18)20;9*1-2;;;/h3-16H,1-2H3;3-11,13-15H,1-2H3;3-14H,1-2H3;9*1-2H3;;;/q3*-1;;;;;;;;;;;;. The fourth-order valence-corrected chi connectivity index (χ4v) is 11.7. The molecule has 0 fully saturated rings. The van der Waals surface area contributed by atoms with E-state index in [-0.39, 0.29) is 98.1 Å². The van der Waals surface area contributed by atoms with Gasteiger partial charge in [-0.25, -0.2) is 19.3 Å². The molecular formula is C95H110N3Y3-3. The Morgan fingerprint density at radius 1 is 0.287 bits per heavy atom. The topological polar surface area (TPSA) is 11.6 Å². The third kappa shape index (κ3) is 22.3. The maximum absolute atomic E-state index is 3.69. The van der Waals surface area contributed by atoms with Crippen molar-refractivity contribution in [1.82, 2.24) is 0 Å². The third-order valence-electron chi connectivity index (χ3n) is 15.8. The summed E-state index contributed by atoms with van der Waals surface area (Å²) in [5, 5.41) is 9.98. The molecule has 0 unspecified atom stereocenters. The van der Waals surface area contributed by atoms with Gasteiger partial charge in [0.05, 0.1) is 0 Å². The van der Waals surface area contributed by atoms with E-state index in [1.54, 1.807) is 0 Å². The van der Waals surface area contributed by atoms with Crippen molar-refractivity contribution in [3.8, 4) is 44.9 Å². The molecular weight excluding hydrogens is 1450 g/mol. The van der Waals surface area contributed by atoms with Gasteiger partial charge < -0.3 is 0 Å². The van der Waals surface area contributed by atoms with Gasteiger partial charge in [0.1, 0.15) is 32.5 Å². The van der Waals surface area contributed by atoms with Crippen LogP contribution in [0.25, 0.3) is 99.1 Å². The predicted molar refractivity (Wildman–Crippen MR) is 429 cm³/mol. The summed E-state index contributed by atoms with van der Waals surface area (Å²) >= 11 is 0. The number of aromatic nitrogens is 3. The number of benzene rings is 10. The van der Waals surface area contributed by atoms with Gasteiger partial charge in [-0.3, -0.25) is 0 Å². The van der Waals surface area contributed by atoms with Crippen molar-refractivity contribution in [3.05, 3.63) is 317 Å². The number of aryl methyl sites for hydroxylation is 6. The Labute approximate surface area is 687 Å². The van der Waals surface area contributed by atoms with E-state index < -0.39 is 0 Å². The molecule has 15 rings (SSSR count). The van der Waals surface area contributed by atoms with Gasteiger partial charge in [-0.15, -0.1) is 103 Å². The molecule has 3 aromatic heterocycles. The van der Waals surface area contributed by atoms with Gasteiger partial charge in [0.25, 0.3) is 0 Å². The van der Waals surface area contributed by atoms with E-state index in [1.807, 2.05) is 143 Å². The molecule has 2 aliphatic rings. The molecule has 0 amide bonds. The minimum absolute atomic E-state index is 0. The zero-order chi connectivity index (χ0) is 72.4. The van der Waals surface area contributed by atoms with Gasteiger partial charge in [-0.2, -0.15) is 88.0 Å². The van der Waals surface area contributed by atoms with E-state index >= 15 is 0 Å². The number of fused-ring (bicyclic) bond motifs is 3. The molecule has 0 bridgehead atoms. The average Bonchev–Trinajstić information content (AvgIpc) is 1.75. The van der Waals surface area contributed by atoms with Crippen molar-refractivity contribution < 1.29 is 112 Å². The SMILES string of the molecule is CC.CC.CC.CC.CC.CC.CC.CC.CC.Cc1cc(C2=[C-]c3cccc4cccc2c34)[c-]cc1-c1cccc[n+]1C.Cc1ccc(-c2[c-]c3ccccc3c3ccccc23)[c-]c1-c1cccc[n+]1C.Cc1ccc(C2=[C-]c3cccc4cccc2c34)[c-]c1-c1cccc[n+]1C.[Y].[Y].[Y]. The zero-order valence-corrected chi connectivity index (χ0v) is 74.0. The first-order valence-corrected chi connectivity index (χ1v) is 36.3. The second-order valence-electron chi connectivity index (χ2n) is 20.9. The average molecular weight is 1560 g/mol. The second kappa shape index (κ2) is 49.2. The summed E-state index contributed by atoms with van der Waals surface area (Å²) in [6.45, 7) is 42.5. The van der Waals surface area contributed by atoms with Crippen LogP contribution in [0.4, 0.5) is 0 Å². The fourth-order valence-electron chi connectivity index (χ4n) is 11.7. The maximum atomic E-state index is 3.69. The Morgan fingerprint density at radius 3 is 1.11 bits per heavy atom. The second-order valence-corrected chi connectivity index (χ2v) is 20.9. The number of pyridine rings is 3. The van der Waals surface area contributed by atoms with Crippen molar-refractivity contribution in [2.75, 3.05) is 0 Å². The molecule has 517 valence electrons. The quantitative estimate of drug-likeness (QED) is 0.0893. The summed E-state index contributed by atoms with van der Waals surface area (Å²) < 4.78 is 6.43. The fraction of sp³-hybridized carbons (Fsp3) is 0.253. The zero-order valence-electron chi connectivity index (χ0n) is 65.5. The Bertz CT molecular complexity index is 4680. The maximum Gasteiger partial charge on any atom is 0.171 e. The molecule has 101 heavy (non-hydrogen) atoms. The Balaban J connectivity index is 0.000000671. The number of hydrogen-bond acceptors (Lipinski definition) is 0. The summed E-state index contributed by atoms with van der Waals surface area (Å²) in [4.78, 5) is 0. The minimum atomic E-state index is 0. The largest absolute Gasteiger partial charge is 0.234 e. The van der Waals surface area contributed by atoms with Gasteiger partial charge in [-0.1, -0.05) is 287 Å². The van der Waals surface area contributed by atoms with Gasteiger partial charge in [0, 0.05) is 122 Å². The van der Waals surface area contributed by atoms with E-state index in [0.717, 1.165) is 55.6 Å². The van der Waals surface area contributed by atoms with Crippen LogP contribution in [0.5, 0.6) is 0 Å². The van der Waals surface area contributed by atoms with E-state index in [4.69, 9.17) is 0 Å². The third-order valence-corrected chi connectivity index (χ3v) is 15.8. The van der Waals surface area contributed by atoms with Crippen LogP contribution in [0.2, 0.25) is 0 Å². The van der Waals surface area contributed by atoms with Crippen molar-refractivity contribution in [2.45, 2.75) is 145 Å². The first-order chi connectivity index (χ1) is 48.2. The summed E-state index contributed by atoms with van der Waals surface area (Å²) in [6, 6.07) is 89.2. The van der Waals surface area contributed by atoms with E-state index in [9.17, 15) is 0 Å². The van der Waals surface area contributed by atoms with E-state index in [0.29, 0.717) is 0 Å². The molecule has 0 saturated carbocycles. The monoisotopic (exact) mass is 1560 g/mol. The first-order valence-electron chi connectivity index (χ1n) is 36.3. The molecule has 3 nitrogen and oxygen atoms in total. The Kier molecular flexibility index (Phi) is 45.1. The molecule has 0 saturated heterocycles. The van der Waals surface area contributed by atoms with E-state index in [1.165, 1.54) is 93.6 Å². The molecule has 10 aromatic carbocycles. The molecule has 2 aliphatic carbocycles. The first kappa shape index (κ1) is 92.5. The van der Waals surface area contributed by atoms with Gasteiger partial charge in [0.15, 0.2) is 24.3 Å². The molecule has 0 aliphatic heterocycles. The Hall–Kier alpha value is -6.52. The van der Waals surface area contributed by atoms with Crippen LogP contribution in [-0.2, 0) is 119 Å². The summed E-state index contributed by atoms with van der Waals surface area (Å²) in [6.07, 6.45) is 13.4. The van der Waals surface area contributed by atoms with Crippen LogP contribution in [0.1, 0.15) is 175 Å². The number of rotatable bonds is 6. The summed E-state index contributed by atoms with van der Waals surface area (Å²) in [5.41, 5.74) is 22.2. The van der Waals surface area contributed by atoms with Crippen LogP contribution >= 0.6 is 0 Å². The van der Waals surface area contributed by atoms with Crippen molar-refractivity contribution in [2.24, 2.45) is 21.1 Å². The molecule has 0 spiro atoms. The van der Waals surface area contributed by atoms with Gasteiger partial charge in [0.2, 0.25) is 0 Å². The molecule has 6 heteroatoms. The Morgan fingerprint density at radius 2 is 0.663 bits per heavy atom. The molecule has 13 aromatic rings. The van der Waals surface area contributed by atoms with Crippen LogP contribution in [0.15, 0.2) is 231 Å². The predicted octanol–water partition coefficient (Wildman–Crippen LogP) is 25.4. The van der Waals surface area contributed by atoms with Crippen molar-refractivity contribution in [1.29, 1.82) is 0 Å². The van der Waals surface area contributed by atoms with Gasteiger partial charge >= 0.3 is 0 Å². The molecule has 3 radical (unpaired) electrons. The molecule has 0 atom stereocenters. The smallest absolute Gasteiger partial charge is 0.171 e. The molecule has 0 N–H and O–H groups in total. The molecule has 3 heterocycles. The number of hydrogen-bond donors (Lipinski definition) is 0. The normalized spacial score (nSPS) is 10.1. The van der Waals surface area contributed by atoms with E-state index in [2.05, 4.69) is 305 Å². The summed E-state index contributed by atoms with van der Waals surface area (Å²) in [7, 11) is 6.23. The minimum Gasteiger partial charge on any atom is -0.234 e. The van der Waals surface area contributed by atoms with Crippen LogP contribution < -0.4 is 13.7 Å². The number of nitrogens with zero attached hydrogens (tertiary/aromatic N) is 3. The van der Waals surface area contributed by atoms with Crippen molar-refractivity contribution >= 4 is 54.2 Å². The van der Waals surface area contributed by atoms with Crippen LogP contribution in [0.3, 0.4) is 0 Å².